The molecule has 22 heavy (non-hydrogen) atoms. The van der Waals surface area contributed by atoms with Gasteiger partial charge in [0.05, 0.1) is 11.3 Å². The van der Waals surface area contributed by atoms with Crippen molar-refractivity contribution in [2.45, 2.75) is 13.5 Å². The lowest BCUT2D eigenvalue weighted by Crippen LogP contribution is -1.99. The molecule has 0 aliphatic rings. The number of aromatic nitrogens is 3. The smallest absolute Gasteiger partial charge is 0.347 e. The molecule has 0 fully saturated rings. The van der Waals surface area contributed by atoms with Gasteiger partial charge >= 0.3 is 5.97 Å². The minimum atomic E-state index is -1.03. The summed E-state index contributed by atoms with van der Waals surface area (Å²) in [6.07, 6.45) is 1.67. The summed E-state index contributed by atoms with van der Waals surface area (Å²) < 4.78 is 14.7. The molecular weight excluding hydrogens is 306 g/mol. The van der Waals surface area contributed by atoms with Crippen LogP contribution in [-0.2, 0) is 6.61 Å². The molecule has 0 aromatic carbocycles. The van der Waals surface area contributed by atoms with E-state index in [1.165, 1.54) is 6.07 Å². The van der Waals surface area contributed by atoms with Crippen LogP contribution in [0.4, 0.5) is 0 Å². The number of carboxylic acids is 1. The maximum Gasteiger partial charge on any atom is 0.347 e. The molecule has 0 amide bonds. The zero-order chi connectivity index (χ0) is 15.5. The summed E-state index contributed by atoms with van der Waals surface area (Å²) in [5, 5.41) is 12.9. The molecule has 112 valence electrons. The van der Waals surface area contributed by atoms with Crippen molar-refractivity contribution in [1.82, 2.24) is 14.5 Å². The Balaban J connectivity index is 1.80. The van der Waals surface area contributed by atoms with Crippen LogP contribution in [0.15, 0.2) is 35.0 Å². The van der Waals surface area contributed by atoms with Gasteiger partial charge in [0, 0.05) is 12.3 Å². The van der Waals surface area contributed by atoms with Crippen molar-refractivity contribution in [2.75, 3.05) is 0 Å². The molecular formula is C14H11N3O4S. The molecule has 0 atom stereocenters. The van der Waals surface area contributed by atoms with Crippen LogP contribution in [0.5, 0.6) is 5.88 Å². The maximum absolute atomic E-state index is 10.8. The monoisotopic (exact) mass is 317 g/mol. The topological polar surface area (TPSA) is 98.3 Å². The molecule has 1 N–H and O–H groups in total. The first-order valence-electron chi connectivity index (χ1n) is 6.34. The number of rotatable bonds is 5. The van der Waals surface area contributed by atoms with E-state index >= 15 is 0 Å². The molecule has 0 saturated carbocycles. The Morgan fingerprint density at radius 3 is 3.00 bits per heavy atom. The molecule has 0 unspecified atom stereocenters. The molecule has 3 rings (SSSR count). The van der Waals surface area contributed by atoms with Crippen molar-refractivity contribution in [2.24, 2.45) is 0 Å². The molecule has 3 aromatic rings. The number of hydrogen-bond acceptors (Lipinski definition) is 7. The van der Waals surface area contributed by atoms with Gasteiger partial charge in [0.15, 0.2) is 0 Å². The van der Waals surface area contributed by atoms with E-state index in [2.05, 4.69) is 14.5 Å². The molecule has 3 aromatic heterocycles. The number of aryl methyl sites for hydroxylation is 1. The zero-order valence-electron chi connectivity index (χ0n) is 11.5. The summed E-state index contributed by atoms with van der Waals surface area (Å²) in [7, 11) is 0. The van der Waals surface area contributed by atoms with Crippen LogP contribution in [0.2, 0.25) is 0 Å². The fourth-order valence-electron chi connectivity index (χ4n) is 1.84. The van der Waals surface area contributed by atoms with Gasteiger partial charge in [0.25, 0.3) is 0 Å². The Bertz CT molecular complexity index is 798. The predicted molar refractivity (Wildman–Crippen MR) is 77.9 cm³/mol. The summed E-state index contributed by atoms with van der Waals surface area (Å²) in [5.74, 6) is -0.146. The second-order valence-electron chi connectivity index (χ2n) is 4.40. The average Bonchev–Trinajstić information content (AvgIpc) is 3.13. The largest absolute Gasteiger partial charge is 0.477 e. The number of ether oxygens (including phenoxy) is 1. The van der Waals surface area contributed by atoms with Crippen molar-refractivity contribution in [3.8, 4) is 17.3 Å². The predicted octanol–water partition coefficient (Wildman–Crippen LogP) is 2.78. The highest BCUT2D eigenvalue weighted by atomic mass is 32.1. The first-order chi connectivity index (χ1) is 10.6. The summed E-state index contributed by atoms with van der Waals surface area (Å²) in [4.78, 5) is 15.2. The Morgan fingerprint density at radius 2 is 2.32 bits per heavy atom. The number of nitrogens with zero attached hydrogens (tertiary/aromatic N) is 3. The summed E-state index contributed by atoms with van der Waals surface area (Å²) >= 11 is 0.874. The minimum absolute atomic E-state index is 0.127. The molecule has 7 nitrogen and oxygen atoms in total. The van der Waals surface area contributed by atoms with Crippen LogP contribution in [0.1, 0.15) is 21.0 Å². The van der Waals surface area contributed by atoms with Crippen molar-refractivity contribution in [1.29, 1.82) is 0 Å². The lowest BCUT2D eigenvalue weighted by Gasteiger charge is -2.03. The molecule has 0 spiro atoms. The van der Waals surface area contributed by atoms with Gasteiger partial charge in [0.1, 0.15) is 22.9 Å². The first kappa shape index (κ1) is 14.2. The summed E-state index contributed by atoms with van der Waals surface area (Å²) in [5.41, 5.74) is 2.04. The lowest BCUT2D eigenvalue weighted by atomic mass is 10.1. The van der Waals surface area contributed by atoms with E-state index in [1.54, 1.807) is 13.1 Å². The molecule has 3 heterocycles. The van der Waals surface area contributed by atoms with Gasteiger partial charge in [-0.05, 0) is 30.6 Å². The molecule has 0 radical (unpaired) electrons. The van der Waals surface area contributed by atoms with Gasteiger partial charge in [-0.25, -0.2) is 4.79 Å². The van der Waals surface area contributed by atoms with E-state index in [1.807, 2.05) is 18.2 Å². The Hall–Kier alpha value is -2.74. The third kappa shape index (κ3) is 2.82. The van der Waals surface area contributed by atoms with Gasteiger partial charge in [-0.15, -0.1) is 0 Å². The number of carboxylic acid groups (broad SMARTS) is 1. The van der Waals surface area contributed by atoms with E-state index in [-0.39, 0.29) is 17.4 Å². The second-order valence-corrected chi connectivity index (χ2v) is 5.21. The summed E-state index contributed by atoms with van der Waals surface area (Å²) in [6, 6.07) is 6.88. The standard InChI is InChI=1S/C14H11N3O4S/c1-8-9(7-20-12-6-11(14(18)19)22-17-12)13(16-21-8)10-4-2-3-5-15-10/h2-6H,7H2,1H3,(H,18,19). The third-order valence-electron chi connectivity index (χ3n) is 2.96. The van der Waals surface area contributed by atoms with Crippen molar-refractivity contribution >= 4 is 17.5 Å². The number of hydrogen-bond donors (Lipinski definition) is 1. The van der Waals surface area contributed by atoms with Crippen LogP contribution in [0.25, 0.3) is 11.4 Å². The van der Waals surface area contributed by atoms with E-state index in [0.717, 1.165) is 17.1 Å². The van der Waals surface area contributed by atoms with Crippen LogP contribution >= 0.6 is 11.5 Å². The van der Waals surface area contributed by atoms with Gasteiger partial charge in [-0.2, -0.15) is 4.37 Å². The van der Waals surface area contributed by atoms with Crippen LogP contribution in [0, 0.1) is 6.92 Å². The molecule has 8 heteroatoms. The maximum atomic E-state index is 10.8. The number of aromatic carboxylic acids is 1. The fraction of sp³-hybridized carbons (Fsp3) is 0.143. The SMILES string of the molecule is Cc1onc(-c2ccccn2)c1COc1cc(C(=O)O)sn1. The van der Waals surface area contributed by atoms with Crippen molar-refractivity contribution in [3.05, 3.63) is 46.7 Å². The van der Waals surface area contributed by atoms with E-state index in [0.29, 0.717) is 17.1 Å². The first-order valence-corrected chi connectivity index (χ1v) is 7.12. The van der Waals surface area contributed by atoms with Gasteiger partial charge in [0.2, 0.25) is 5.88 Å². The molecule has 0 bridgehead atoms. The van der Waals surface area contributed by atoms with E-state index in [9.17, 15) is 4.79 Å². The average molecular weight is 317 g/mol. The Labute approximate surface area is 129 Å². The van der Waals surface area contributed by atoms with Gasteiger partial charge in [-0.3, -0.25) is 4.98 Å². The highest BCUT2D eigenvalue weighted by Gasteiger charge is 2.17. The summed E-state index contributed by atoms with van der Waals surface area (Å²) in [6.45, 7) is 1.95. The fourth-order valence-corrected chi connectivity index (χ4v) is 2.36. The molecule has 0 aliphatic carbocycles. The van der Waals surface area contributed by atoms with Crippen molar-refractivity contribution in [3.63, 3.8) is 0 Å². The third-order valence-corrected chi connectivity index (χ3v) is 3.72. The Morgan fingerprint density at radius 1 is 1.45 bits per heavy atom. The van der Waals surface area contributed by atoms with Crippen LogP contribution in [0.3, 0.4) is 0 Å². The number of carbonyl (C=O) groups is 1. The van der Waals surface area contributed by atoms with Crippen molar-refractivity contribution < 1.29 is 19.2 Å². The van der Waals surface area contributed by atoms with E-state index in [4.69, 9.17) is 14.4 Å². The minimum Gasteiger partial charge on any atom is -0.477 e. The zero-order valence-corrected chi connectivity index (χ0v) is 12.3. The molecule has 0 saturated heterocycles. The highest BCUT2D eigenvalue weighted by Crippen LogP contribution is 2.25. The quantitative estimate of drug-likeness (QED) is 0.772. The lowest BCUT2D eigenvalue weighted by molar-refractivity contribution is 0.0702. The van der Waals surface area contributed by atoms with Gasteiger partial charge in [-0.1, -0.05) is 11.2 Å². The second kappa shape index (κ2) is 5.94. The van der Waals surface area contributed by atoms with Crippen LogP contribution in [-0.4, -0.2) is 25.6 Å². The van der Waals surface area contributed by atoms with Crippen LogP contribution < -0.4 is 4.74 Å². The highest BCUT2D eigenvalue weighted by molar-refractivity contribution is 7.08. The van der Waals surface area contributed by atoms with Gasteiger partial charge < -0.3 is 14.4 Å². The van der Waals surface area contributed by atoms with E-state index < -0.39 is 5.97 Å². The Kier molecular flexibility index (Phi) is 3.84. The number of pyridine rings is 1. The molecule has 0 aliphatic heterocycles. The normalized spacial score (nSPS) is 10.6.